The molecule has 0 spiro atoms. The molecule has 0 amide bonds. The lowest BCUT2D eigenvalue weighted by molar-refractivity contribution is -0.385. The van der Waals surface area contributed by atoms with E-state index in [1.54, 1.807) is 6.07 Å². The smallest absolute Gasteiger partial charge is 0.258 e. The van der Waals surface area contributed by atoms with Crippen LogP contribution in [0.4, 0.5) is 5.69 Å². The molecule has 0 bridgehead atoms. The van der Waals surface area contributed by atoms with Gasteiger partial charge in [-0.3, -0.25) is 10.1 Å². The molecule has 2 aromatic rings. The van der Waals surface area contributed by atoms with Gasteiger partial charge in [0.05, 0.1) is 4.92 Å². The van der Waals surface area contributed by atoms with E-state index in [1.165, 1.54) is 6.07 Å². The van der Waals surface area contributed by atoms with E-state index in [4.69, 9.17) is 5.26 Å². The third kappa shape index (κ3) is 1.31. The van der Waals surface area contributed by atoms with Crippen LogP contribution in [0.3, 0.4) is 0 Å². The molecule has 0 N–H and O–H groups in total. The molecule has 0 atom stereocenters. The maximum Gasteiger partial charge on any atom is 0.291 e. The van der Waals surface area contributed by atoms with E-state index in [2.05, 4.69) is 0 Å². The molecular weight excluding hydrogens is 228 g/mol. The van der Waals surface area contributed by atoms with Gasteiger partial charge in [-0.15, -0.1) is 0 Å². The van der Waals surface area contributed by atoms with E-state index in [-0.39, 0.29) is 11.3 Å². The van der Waals surface area contributed by atoms with Crippen LogP contribution in [0.15, 0.2) is 36.4 Å². The van der Waals surface area contributed by atoms with Crippen molar-refractivity contribution in [2.45, 2.75) is 6.42 Å². The molecule has 0 radical (unpaired) electrons. The molecule has 0 heterocycles. The third-order valence-corrected chi connectivity index (χ3v) is 3.26. The fraction of sp³-hybridized carbons (Fsp3) is 0.0714. The number of nitro groups is 1. The number of hydrogen-bond acceptors (Lipinski definition) is 3. The Hall–Kier alpha value is -2.67. The van der Waals surface area contributed by atoms with Crippen molar-refractivity contribution in [1.82, 2.24) is 0 Å². The SMILES string of the molecule is N#Cc1ccc2c(c1[N+](=O)[O-])Cc1ccccc1-2. The molecule has 0 unspecified atom stereocenters. The molecule has 0 aliphatic heterocycles. The van der Waals surface area contributed by atoms with Crippen molar-refractivity contribution in [3.63, 3.8) is 0 Å². The van der Waals surface area contributed by atoms with Gasteiger partial charge in [0.15, 0.2) is 0 Å². The second-order valence-corrected chi connectivity index (χ2v) is 4.19. The summed E-state index contributed by atoms with van der Waals surface area (Å²) in [7, 11) is 0. The van der Waals surface area contributed by atoms with Gasteiger partial charge in [-0.05, 0) is 22.8 Å². The Morgan fingerprint density at radius 3 is 2.67 bits per heavy atom. The van der Waals surface area contributed by atoms with Crippen LogP contribution in [-0.2, 0) is 6.42 Å². The first-order valence-electron chi connectivity index (χ1n) is 5.51. The van der Waals surface area contributed by atoms with Gasteiger partial charge in [0.2, 0.25) is 0 Å². The van der Waals surface area contributed by atoms with E-state index >= 15 is 0 Å². The summed E-state index contributed by atoms with van der Waals surface area (Å²) >= 11 is 0. The lowest BCUT2D eigenvalue weighted by Crippen LogP contribution is -1.97. The van der Waals surface area contributed by atoms with Gasteiger partial charge in [0, 0.05) is 12.0 Å². The summed E-state index contributed by atoms with van der Waals surface area (Å²) in [4.78, 5) is 10.7. The number of nitriles is 1. The Morgan fingerprint density at radius 2 is 1.94 bits per heavy atom. The van der Waals surface area contributed by atoms with Crippen molar-refractivity contribution in [3.05, 3.63) is 63.2 Å². The summed E-state index contributed by atoms with van der Waals surface area (Å²) < 4.78 is 0. The Kier molecular flexibility index (Phi) is 2.14. The Morgan fingerprint density at radius 1 is 1.17 bits per heavy atom. The Bertz CT molecular complexity index is 714. The van der Waals surface area contributed by atoms with Crippen LogP contribution >= 0.6 is 0 Å². The van der Waals surface area contributed by atoms with Gasteiger partial charge in [-0.25, -0.2) is 0 Å². The molecule has 3 rings (SSSR count). The highest BCUT2D eigenvalue weighted by Gasteiger charge is 2.29. The van der Waals surface area contributed by atoms with Gasteiger partial charge in [-0.2, -0.15) is 5.26 Å². The molecule has 4 nitrogen and oxygen atoms in total. The van der Waals surface area contributed by atoms with Crippen molar-refractivity contribution >= 4 is 5.69 Å². The highest BCUT2D eigenvalue weighted by atomic mass is 16.6. The lowest BCUT2D eigenvalue weighted by Gasteiger charge is -2.02. The normalized spacial score (nSPS) is 11.5. The predicted octanol–water partition coefficient (Wildman–Crippen LogP) is 3.04. The van der Waals surface area contributed by atoms with Crippen LogP contribution in [-0.4, -0.2) is 4.92 Å². The van der Waals surface area contributed by atoms with Crippen molar-refractivity contribution < 1.29 is 4.92 Å². The molecule has 18 heavy (non-hydrogen) atoms. The molecule has 0 fully saturated rings. The van der Waals surface area contributed by atoms with E-state index < -0.39 is 4.92 Å². The molecule has 0 aromatic heterocycles. The van der Waals surface area contributed by atoms with Gasteiger partial charge in [0.1, 0.15) is 11.6 Å². The highest BCUT2D eigenvalue weighted by Crippen LogP contribution is 2.42. The zero-order valence-corrected chi connectivity index (χ0v) is 9.38. The van der Waals surface area contributed by atoms with Crippen LogP contribution in [0.5, 0.6) is 0 Å². The average Bonchev–Trinajstić information content (AvgIpc) is 2.75. The van der Waals surface area contributed by atoms with Crippen molar-refractivity contribution in [2.24, 2.45) is 0 Å². The topological polar surface area (TPSA) is 66.9 Å². The van der Waals surface area contributed by atoms with Gasteiger partial charge < -0.3 is 0 Å². The van der Waals surface area contributed by atoms with Gasteiger partial charge in [-0.1, -0.05) is 30.3 Å². The van der Waals surface area contributed by atoms with Crippen molar-refractivity contribution in [1.29, 1.82) is 5.26 Å². The summed E-state index contributed by atoms with van der Waals surface area (Å²) in [5.74, 6) is 0. The quantitative estimate of drug-likeness (QED) is 0.481. The predicted molar refractivity (Wildman–Crippen MR) is 66.1 cm³/mol. The lowest BCUT2D eigenvalue weighted by atomic mass is 10.0. The summed E-state index contributed by atoms with van der Waals surface area (Å²) in [5.41, 5.74) is 3.71. The first-order valence-corrected chi connectivity index (χ1v) is 5.51. The molecule has 4 heteroatoms. The van der Waals surface area contributed by atoms with E-state index in [0.717, 1.165) is 16.7 Å². The molecule has 86 valence electrons. The molecule has 0 saturated heterocycles. The first kappa shape index (κ1) is 10.5. The number of rotatable bonds is 1. The van der Waals surface area contributed by atoms with Crippen LogP contribution in [0.1, 0.15) is 16.7 Å². The van der Waals surface area contributed by atoms with E-state index in [9.17, 15) is 10.1 Å². The molecular formula is C14H8N2O2. The number of hydrogen-bond donors (Lipinski definition) is 0. The third-order valence-electron chi connectivity index (χ3n) is 3.26. The fourth-order valence-corrected chi connectivity index (χ4v) is 2.49. The minimum Gasteiger partial charge on any atom is -0.258 e. The molecule has 0 saturated carbocycles. The van der Waals surface area contributed by atoms with Gasteiger partial charge in [0.25, 0.3) is 5.69 Å². The van der Waals surface area contributed by atoms with Crippen molar-refractivity contribution in [3.8, 4) is 17.2 Å². The van der Waals surface area contributed by atoms with Crippen LogP contribution in [0.2, 0.25) is 0 Å². The molecule has 1 aliphatic carbocycles. The number of nitrogens with zero attached hydrogens (tertiary/aromatic N) is 2. The molecule has 1 aliphatic rings. The van der Waals surface area contributed by atoms with E-state index in [0.29, 0.717) is 12.0 Å². The van der Waals surface area contributed by atoms with Crippen LogP contribution < -0.4 is 0 Å². The second-order valence-electron chi connectivity index (χ2n) is 4.19. The molecule has 2 aromatic carbocycles. The van der Waals surface area contributed by atoms with Crippen molar-refractivity contribution in [2.75, 3.05) is 0 Å². The van der Waals surface area contributed by atoms with Gasteiger partial charge >= 0.3 is 0 Å². The Labute approximate surface area is 103 Å². The summed E-state index contributed by atoms with van der Waals surface area (Å²) in [5, 5.41) is 20.1. The Balaban J connectivity index is 2.33. The van der Waals surface area contributed by atoms with Crippen LogP contribution in [0.25, 0.3) is 11.1 Å². The van der Waals surface area contributed by atoms with E-state index in [1.807, 2.05) is 30.3 Å². The number of fused-ring (bicyclic) bond motifs is 3. The number of benzene rings is 2. The minimum absolute atomic E-state index is 0.0498. The first-order chi connectivity index (χ1) is 8.72. The second kappa shape index (κ2) is 3.67. The van der Waals surface area contributed by atoms with Crippen LogP contribution in [0, 0.1) is 21.4 Å². The minimum atomic E-state index is -0.455. The summed E-state index contributed by atoms with van der Waals surface area (Å²) in [6.45, 7) is 0. The average molecular weight is 236 g/mol. The fourth-order valence-electron chi connectivity index (χ4n) is 2.49. The maximum absolute atomic E-state index is 11.1. The largest absolute Gasteiger partial charge is 0.291 e. The number of nitro benzene ring substituents is 1. The zero-order chi connectivity index (χ0) is 12.7. The summed E-state index contributed by atoms with van der Waals surface area (Å²) in [6.07, 6.45) is 0.525. The standard InChI is InChI=1S/C14H8N2O2/c15-8-10-5-6-12-11-4-2-1-3-9(11)7-13(12)14(10)16(17)18/h1-6H,7H2. The highest BCUT2D eigenvalue weighted by molar-refractivity contribution is 5.82. The maximum atomic E-state index is 11.1. The zero-order valence-electron chi connectivity index (χ0n) is 9.38. The summed E-state index contributed by atoms with van der Waals surface area (Å²) in [6, 6.07) is 13.0. The monoisotopic (exact) mass is 236 g/mol.